The van der Waals surface area contributed by atoms with Crippen molar-refractivity contribution in [2.45, 2.75) is 70.6 Å². The maximum Gasteiger partial charge on any atom is 0.416 e. The minimum atomic E-state index is -4.39. The number of rotatable bonds is 7. The fraction of sp³-hybridized carbons (Fsp3) is 0.481. The summed E-state index contributed by atoms with van der Waals surface area (Å²) in [5.41, 5.74) is 1.86. The van der Waals surface area contributed by atoms with Crippen LogP contribution in [0.1, 0.15) is 63.0 Å². The molecular weight excluding hydrogens is 471 g/mol. The number of para-hydroxylation sites is 1. The Balaban J connectivity index is 1.66. The normalized spacial score (nSPS) is 19.0. The molecule has 2 aliphatic rings. The lowest BCUT2D eigenvalue weighted by Gasteiger charge is -2.46. The smallest absolute Gasteiger partial charge is 0.302 e. The van der Waals surface area contributed by atoms with Gasteiger partial charge in [-0.2, -0.15) is 13.2 Å². The van der Waals surface area contributed by atoms with Crippen LogP contribution in [0.3, 0.4) is 0 Å². The minimum absolute atomic E-state index is 0.171. The van der Waals surface area contributed by atoms with Crippen molar-refractivity contribution in [1.82, 2.24) is 9.47 Å². The van der Waals surface area contributed by atoms with E-state index in [0.29, 0.717) is 33.7 Å². The lowest BCUT2D eigenvalue weighted by Crippen LogP contribution is -2.58. The average Bonchev–Trinajstić information content (AvgIpc) is 3.54. The maximum absolute atomic E-state index is 13.6. The summed E-state index contributed by atoms with van der Waals surface area (Å²) in [7, 11) is 0. The molecule has 2 aromatic carbocycles. The Kier molecular flexibility index (Phi) is 6.61. The molecule has 1 unspecified atom stereocenters. The highest BCUT2D eigenvalue weighted by atomic mass is 32.1. The first-order valence-corrected chi connectivity index (χ1v) is 13.2. The van der Waals surface area contributed by atoms with Crippen molar-refractivity contribution in [1.29, 1.82) is 0 Å². The highest BCUT2D eigenvalue weighted by molar-refractivity contribution is 7.22. The van der Waals surface area contributed by atoms with E-state index in [1.807, 2.05) is 12.1 Å². The number of alkyl halides is 3. The maximum atomic E-state index is 13.6. The zero-order valence-corrected chi connectivity index (χ0v) is 20.6. The van der Waals surface area contributed by atoms with E-state index < -0.39 is 11.7 Å². The van der Waals surface area contributed by atoms with E-state index in [9.17, 15) is 18.0 Å². The number of hydrogen-bond acceptors (Lipinski definition) is 3. The first-order chi connectivity index (χ1) is 16.7. The van der Waals surface area contributed by atoms with Crippen LogP contribution in [-0.2, 0) is 17.5 Å². The molecule has 4 nitrogen and oxygen atoms in total. The summed E-state index contributed by atoms with van der Waals surface area (Å²) in [6.45, 7) is 2.81. The monoisotopic (exact) mass is 501 g/mol. The van der Waals surface area contributed by atoms with Gasteiger partial charge in [-0.3, -0.25) is 9.28 Å². The number of thiazole rings is 1. The van der Waals surface area contributed by atoms with E-state index in [0.717, 1.165) is 67.0 Å². The predicted octanol–water partition coefficient (Wildman–Crippen LogP) is 7.32. The molecule has 1 aromatic heterocycles. The second kappa shape index (κ2) is 9.54. The number of halogens is 3. The number of amides is 1. The van der Waals surface area contributed by atoms with Gasteiger partial charge in [0.1, 0.15) is 12.1 Å². The number of carbonyl (C=O) groups is 1. The molecule has 3 aromatic rings. The van der Waals surface area contributed by atoms with Gasteiger partial charge in [-0.15, -0.1) is 0 Å². The molecule has 0 spiro atoms. The molecule has 0 saturated heterocycles. The van der Waals surface area contributed by atoms with Crippen LogP contribution in [0.15, 0.2) is 36.4 Å². The lowest BCUT2D eigenvalue weighted by molar-refractivity contribution is -0.137. The summed E-state index contributed by atoms with van der Waals surface area (Å²) in [5.74, 6) is 0.390. The van der Waals surface area contributed by atoms with Crippen LogP contribution in [0.5, 0.6) is 0 Å². The highest BCUT2D eigenvalue weighted by Gasteiger charge is 2.46. The lowest BCUT2D eigenvalue weighted by atomic mass is 9.90. The number of benzene rings is 2. The van der Waals surface area contributed by atoms with Crippen molar-refractivity contribution in [3.05, 3.63) is 53.6 Å². The minimum Gasteiger partial charge on any atom is -0.302 e. The number of fused-ring (bicyclic) bond motifs is 1. The number of anilines is 1. The second-order valence-electron chi connectivity index (χ2n) is 10.0. The molecule has 1 amide bonds. The van der Waals surface area contributed by atoms with Crippen LogP contribution < -0.4 is 9.80 Å². The molecule has 1 atom stereocenters. The summed E-state index contributed by atoms with van der Waals surface area (Å²) in [5, 5.41) is 3.36. The Morgan fingerprint density at radius 3 is 2.63 bits per heavy atom. The van der Waals surface area contributed by atoms with Gasteiger partial charge in [0.25, 0.3) is 0 Å². The van der Waals surface area contributed by atoms with E-state index in [1.165, 1.54) is 36.8 Å². The molecule has 8 heteroatoms. The third-order valence-electron chi connectivity index (χ3n) is 7.36. The Bertz CT molecular complexity index is 1210. The summed E-state index contributed by atoms with van der Waals surface area (Å²) >= 11 is 1.44. The molecule has 1 radical (unpaired) electrons. The second-order valence-corrected chi connectivity index (χ2v) is 11.1. The van der Waals surface area contributed by atoms with Crippen molar-refractivity contribution < 1.29 is 18.0 Å². The zero-order chi connectivity index (χ0) is 24.6. The standard InChI is InChI=1S/C27H29F3N3OS/c1-18(34)31-26-32-25-23(11-6-12-24(25)35-26)33(16-19-13-14-19,22-9-3-2-4-10-22)17-20-7-5-8-21(15-20)27(28,29)30/h5-6,8,11-12,15,19,22H,2-4,9-10,13-14,16-17H2,1H3/p+1. The van der Waals surface area contributed by atoms with Crippen molar-refractivity contribution in [3.8, 4) is 0 Å². The number of quaternary nitrogens is 1. The SMILES string of the molecule is CC(=O)Nc1nc2c([N+](Cc3[c]ccc(C(F)(F)F)c3)(CC3CC3)C3CCCCC3)cccc2s1. The Morgan fingerprint density at radius 1 is 1.17 bits per heavy atom. The quantitative estimate of drug-likeness (QED) is 0.345. The van der Waals surface area contributed by atoms with Gasteiger partial charge in [0, 0.05) is 24.5 Å². The Labute approximate surface area is 207 Å². The van der Waals surface area contributed by atoms with Crippen molar-refractivity contribution >= 4 is 38.3 Å². The fourth-order valence-electron chi connectivity index (χ4n) is 5.64. The van der Waals surface area contributed by atoms with Crippen molar-refractivity contribution in [2.75, 3.05) is 11.9 Å². The first-order valence-electron chi connectivity index (χ1n) is 12.4. The Hall–Kier alpha value is -2.45. The van der Waals surface area contributed by atoms with Gasteiger partial charge < -0.3 is 5.32 Å². The van der Waals surface area contributed by atoms with E-state index in [1.54, 1.807) is 0 Å². The Morgan fingerprint density at radius 2 is 1.94 bits per heavy atom. The molecule has 185 valence electrons. The largest absolute Gasteiger partial charge is 0.416 e. The summed E-state index contributed by atoms with van der Waals surface area (Å²) in [6, 6.07) is 13.3. The third-order valence-corrected chi connectivity index (χ3v) is 8.29. The van der Waals surface area contributed by atoms with Gasteiger partial charge in [-0.25, -0.2) is 4.98 Å². The number of nitrogens with zero attached hydrogens (tertiary/aromatic N) is 2. The topological polar surface area (TPSA) is 42.0 Å². The van der Waals surface area contributed by atoms with Crippen LogP contribution >= 0.6 is 11.3 Å². The molecule has 35 heavy (non-hydrogen) atoms. The highest BCUT2D eigenvalue weighted by Crippen LogP contribution is 2.46. The van der Waals surface area contributed by atoms with Gasteiger partial charge in [-0.05, 0) is 62.8 Å². The van der Waals surface area contributed by atoms with Gasteiger partial charge in [-0.1, -0.05) is 29.9 Å². The van der Waals surface area contributed by atoms with Crippen LogP contribution in [-0.4, -0.2) is 23.5 Å². The fourth-order valence-corrected chi connectivity index (χ4v) is 6.58. The van der Waals surface area contributed by atoms with Crippen LogP contribution in [0, 0.1) is 12.0 Å². The van der Waals surface area contributed by atoms with Crippen molar-refractivity contribution in [3.63, 3.8) is 0 Å². The zero-order valence-electron chi connectivity index (χ0n) is 19.8. The molecular formula is C27H30F3N3OS+. The number of carbonyl (C=O) groups excluding carboxylic acids is 1. The van der Waals surface area contributed by atoms with Crippen LogP contribution in [0.25, 0.3) is 10.2 Å². The molecule has 2 fully saturated rings. The summed E-state index contributed by atoms with van der Waals surface area (Å²) < 4.78 is 42.2. The van der Waals surface area contributed by atoms with Gasteiger partial charge in [0.15, 0.2) is 10.8 Å². The average molecular weight is 502 g/mol. The molecule has 0 bridgehead atoms. The number of aromatic nitrogens is 1. The molecule has 1 heterocycles. The van der Waals surface area contributed by atoms with E-state index >= 15 is 0 Å². The van der Waals surface area contributed by atoms with E-state index in [-0.39, 0.29) is 5.91 Å². The van der Waals surface area contributed by atoms with Crippen molar-refractivity contribution in [2.24, 2.45) is 5.92 Å². The summed E-state index contributed by atoms with van der Waals surface area (Å²) in [6.07, 6.45) is 3.48. The van der Waals surface area contributed by atoms with Gasteiger partial charge >= 0.3 is 6.18 Å². The van der Waals surface area contributed by atoms with Gasteiger partial charge in [0.2, 0.25) is 5.91 Å². The molecule has 0 aliphatic heterocycles. The molecule has 2 aliphatic carbocycles. The third kappa shape index (κ3) is 5.23. The van der Waals surface area contributed by atoms with E-state index in [2.05, 4.69) is 17.4 Å². The van der Waals surface area contributed by atoms with Crippen LogP contribution in [0.4, 0.5) is 24.0 Å². The summed E-state index contributed by atoms with van der Waals surface area (Å²) in [4.78, 5) is 16.5. The number of hydrogen-bond donors (Lipinski definition) is 1. The predicted molar refractivity (Wildman–Crippen MR) is 134 cm³/mol. The van der Waals surface area contributed by atoms with Crippen LogP contribution in [0.2, 0.25) is 0 Å². The molecule has 5 rings (SSSR count). The first kappa shape index (κ1) is 24.3. The van der Waals surface area contributed by atoms with E-state index in [4.69, 9.17) is 4.98 Å². The molecule has 1 N–H and O–H groups in total. The number of nitrogens with one attached hydrogen (secondary N) is 1. The molecule has 2 saturated carbocycles. The van der Waals surface area contributed by atoms with Gasteiger partial charge in [0.05, 0.1) is 22.8 Å².